The first-order valence-electron chi connectivity index (χ1n) is 9.77. The summed E-state index contributed by atoms with van der Waals surface area (Å²) in [6, 6.07) is 7.83. The highest BCUT2D eigenvalue weighted by atomic mass is 16.5. The van der Waals surface area contributed by atoms with Crippen LogP contribution in [-0.4, -0.2) is 55.5 Å². The summed E-state index contributed by atoms with van der Waals surface area (Å²) in [6.07, 6.45) is 2.52. The molecule has 26 heavy (non-hydrogen) atoms. The Balaban J connectivity index is 1.52. The van der Waals surface area contributed by atoms with Gasteiger partial charge in [-0.15, -0.1) is 0 Å². The van der Waals surface area contributed by atoms with E-state index < -0.39 is 0 Å². The Labute approximate surface area is 156 Å². The lowest BCUT2D eigenvalue weighted by atomic mass is 9.88. The van der Waals surface area contributed by atoms with Gasteiger partial charge in [-0.1, -0.05) is 38.1 Å². The number of ether oxygens (including phenoxy) is 1. The molecule has 0 spiro atoms. The second-order valence-electron chi connectivity index (χ2n) is 7.84. The van der Waals surface area contributed by atoms with Crippen LogP contribution in [0.5, 0.6) is 0 Å². The molecule has 5 nitrogen and oxygen atoms in total. The molecule has 1 amide bonds. The predicted molar refractivity (Wildman–Crippen MR) is 101 cm³/mol. The fourth-order valence-corrected chi connectivity index (χ4v) is 3.82. The minimum Gasteiger partial charge on any atom is -0.378 e. The molecule has 2 fully saturated rings. The molecule has 3 rings (SSSR count). The molecule has 0 saturated carbocycles. The van der Waals surface area contributed by atoms with Gasteiger partial charge in [0, 0.05) is 31.1 Å². The largest absolute Gasteiger partial charge is 0.378 e. The SMILES string of the molecule is CC(C)Cc1ccc(C(=O)C2CCN(C(=O)C3COCCN3)CC2)cc1. The number of carbonyl (C=O) groups excluding carboxylic acids is 2. The van der Waals surface area contributed by atoms with Gasteiger partial charge in [0.25, 0.3) is 0 Å². The summed E-state index contributed by atoms with van der Waals surface area (Å²) < 4.78 is 5.38. The fourth-order valence-electron chi connectivity index (χ4n) is 3.82. The highest BCUT2D eigenvalue weighted by molar-refractivity contribution is 5.98. The summed E-state index contributed by atoms with van der Waals surface area (Å²) >= 11 is 0. The van der Waals surface area contributed by atoms with Crippen molar-refractivity contribution in [3.05, 3.63) is 35.4 Å². The molecule has 1 aromatic carbocycles. The molecule has 0 radical (unpaired) electrons. The average Bonchev–Trinajstić information content (AvgIpc) is 2.68. The number of amides is 1. The number of ketones is 1. The van der Waals surface area contributed by atoms with Crippen LogP contribution >= 0.6 is 0 Å². The van der Waals surface area contributed by atoms with E-state index in [2.05, 4.69) is 31.3 Å². The highest BCUT2D eigenvalue weighted by Crippen LogP contribution is 2.23. The van der Waals surface area contributed by atoms with E-state index >= 15 is 0 Å². The molecule has 1 atom stereocenters. The summed E-state index contributed by atoms with van der Waals surface area (Å²) in [4.78, 5) is 27.2. The first-order chi connectivity index (χ1) is 12.5. The van der Waals surface area contributed by atoms with E-state index in [0.29, 0.717) is 32.2 Å². The highest BCUT2D eigenvalue weighted by Gasteiger charge is 2.31. The predicted octanol–water partition coefficient (Wildman–Crippen LogP) is 2.29. The third kappa shape index (κ3) is 4.71. The van der Waals surface area contributed by atoms with Gasteiger partial charge in [0.05, 0.1) is 13.2 Å². The van der Waals surface area contributed by atoms with Crippen molar-refractivity contribution < 1.29 is 14.3 Å². The molecule has 0 bridgehead atoms. The van der Waals surface area contributed by atoms with Crippen molar-refractivity contribution >= 4 is 11.7 Å². The van der Waals surface area contributed by atoms with Gasteiger partial charge in [0.1, 0.15) is 6.04 Å². The Kier molecular flexibility index (Phi) is 6.43. The molecule has 2 aliphatic rings. The Morgan fingerprint density at radius 2 is 1.88 bits per heavy atom. The third-order valence-corrected chi connectivity index (χ3v) is 5.28. The quantitative estimate of drug-likeness (QED) is 0.821. The summed E-state index contributed by atoms with van der Waals surface area (Å²) in [7, 11) is 0. The molecular weight excluding hydrogens is 328 g/mol. The van der Waals surface area contributed by atoms with Crippen LogP contribution in [0.15, 0.2) is 24.3 Å². The number of morpholine rings is 1. The Morgan fingerprint density at radius 3 is 2.46 bits per heavy atom. The van der Waals surface area contributed by atoms with Crippen LogP contribution in [0.3, 0.4) is 0 Å². The second kappa shape index (κ2) is 8.78. The van der Waals surface area contributed by atoms with Crippen molar-refractivity contribution in [2.45, 2.75) is 39.2 Å². The lowest BCUT2D eigenvalue weighted by molar-refractivity contribution is -0.137. The Bertz CT molecular complexity index is 613. The van der Waals surface area contributed by atoms with E-state index in [4.69, 9.17) is 4.74 Å². The minimum atomic E-state index is -0.232. The van der Waals surface area contributed by atoms with Crippen molar-refractivity contribution in [1.82, 2.24) is 10.2 Å². The average molecular weight is 358 g/mol. The standard InChI is InChI=1S/C21H30N2O3/c1-15(2)13-16-3-5-17(6-4-16)20(24)18-7-10-23(11-8-18)21(25)19-14-26-12-9-22-19/h3-6,15,18-19,22H,7-14H2,1-2H3. The summed E-state index contributed by atoms with van der Waals surface area (Å²) in [5.41, 5.74) is 2.07. The van der Waals surface area contributed by atoms with Crippen LogP contribution in [0, 0.1) is 11.8 Å². The number of nitrogens with zero attached hydrogens (tertiary/aromatic N) is 1. The normalized spacial score (nSPS) is 21.8. The lowest BCUT2D eigenvalue weighted by Gasteiger charge is -2.35. The van der Waals surface area contributed by atoms with Crippen LogP contribution in [0.1, 0.15) is 42.6 Å². The third-order valence-electron chi connectivity index (χ3n) is 5.28. The zero-order valence-corrected chi connectivity index (χ0v) is 15.9. The molecule has 2 saturated heterocycles. The number of nitrogens with one attached hydrogen (secondary N) is 1. The van der Waals surface area contributed by atoms with E-state index in [0.717, 1.165) is 31.4 Å². The van der Waals surface area contributed by atoms with Gasteiger partial charge in [0.2, 0.25) is 5.91 Å². The van der Waals surface area contributed by atoms with E-state index in [9.17, 15) is 9.59 Å². The maximum absolute atomic E-state index is 12.8. The van der Waals surface area contributed by atoms with Gasteiger partial charge < -0.3 is 15.0 Å². The van der Waals surface area contributed by atoms with Gasteiger partial charge in [-0.25, -0.2) is 0 Å². The molecule has 1 aromatic rings. The maximum atomic E-state index is 12.8. The van der Waals surface area contributed by atoms with Gasteiger partial charge in [-0.2, -0.15) is 0 Å². The van der Waals surface area contributed by atoms with Gasteiger partial charge in [0.15, 0.2) is 5.78 Å². The monoisotopic (exact) mass is 358 g/mol. The van der Waals surface area contributed by atoms with Gasteiger partial charge >= 0.3 is 0 Å². The van der Waals surface area contributed by atoms with E-state index in [1.54, 1.807) is 0 Å². The molecule has 142 valence electrons. The lowest BCUT2D eigenvalue weighted by Crippen LogP contribution is -2.54. The van der Waals surface area contributed by atoms with Crippen molar-refractivity contribution in [3.63, 3.8) is 0 Å². The number of rotatable bonds is 5. The number of benzene rings is 1. The number of hydrogen-bond acceptors (Lipinski definition) is 4. The number of likely N-dealkylation sites (tertiary alicyclic amines) is 1. The molecule has 1 N–H and O–H groups in total. The fraction of sp³-hybridized carbons (Fsp3) is 0.619. The van der Waals surface area contributed by atoms with Crippen LogP contribution in [0.2, 0.25) is 0 Å². The Morgan fingerprint density at radius 1 is 1.19 bits per heavy atom. The molecule has 1 unspecified atom stereocenters. The van der Waals surface area contributed by atoms with Crippen LogP contribution in [0.25, 0.3) is 0 Å². The van der Waals surface area contributed by atoms with Crippen molar-refractivity contribution in [1.29, 1.82) is 0 Å². The molecule has 0 aromatic heterocycles. The molecule has 5 heteroatoms. The minimum absolute atomic E-state index is 0.0190. The van der Waals surface area contributed by atoms with E-state index in [1.165, 1.54) is 5.56 Å². The molecule has 2 aliphatic heterocycles. The van der Waals surface area contributed by atoms with Crippen LogP contribution < -0.4 is 5.32 Å². The smallest absolute Gasteiger partial charge is 0.242 e. The van der Waals surface area contributed by atoms with E-state index in [-0.39, 0.29) is 23.7 Å². The van der Waals surface area contributed by atoms with Gasteiger partial charge in [-0.3, -0.25) is 9.59 Å². The molecule has 0 aliphatic carbocycles. The first-order valence-corrected chi connectivity index (χ1v) is 9.77. The Hall–Kier alpha value is -1.72. The van der Waals surface area contributed by atoms with Crippen LogP contribution in [-0.2, 0) is 16.0 Å². The number of Topliss-reactive ketones (excluding diaryl/α,β-unsaturated/α-hetero) is 1. The molecule has 2 heterocycles. The zero-order valence-electron chi connectivity index (χ0n) is 15.9. The van der Waals surface area contributed by atoms with E-state index in [1.807, 2.05) is 17.0 Å². The maximum Gasteiger partial charge on any atom is 0.242 e. The van der Waals surface area contributed by atoms with Crippen molar-refractivity contribution in [2.75, 3.05) is 32.8 Å². The second-order valence-corrected chi connectivity index (χ2v) is 7.84. The zero-order chi connectivity index (χ0) is 18.5. The van der Waals surface area contributed by atoms with Crippen LogP contribution in [0.4, 0.5) is 0 Å². The first kappa shape index (κ1) is 19.1. The summed E-state index contributed by atoms with van der Waals surface area (Å²) in [6.45, 7) is 7.53. The number of piperidine rings is 1. The van der Waals surface area contributed by atoms with Gasteiger partial charge in [-0.05, 0) is 30.7 Å². The summed E-state index contributed by atoms with van der Waals surface area (Å²) in [5, 5.41) is 3.21. The number of carbonyl (C=O) groups is 2. The topological polar surface area (TPSA) is 58.6 Å². The molecular formula is C21H30N2O3. The van der Waals surface area contributed by atoms with Crippen molar-refractivity contribution in [2.24, 2.45) is 11.8 Å². The van der Waals surface area contributed by atoms with Crippen molar-refractivity contribution in [3.8, 4) is 0 Å². The number of hydrogen-bond donors (Lipinski definition) is 1. The summed E-state index contributed by atoms with van der Waals surface area (Å²) in [5.74, 6) is 0.953.